The van der Waals surface area contributed by atoms with Crippen LogP contribution >= 0.6 is 0 Å². The highest BCUT2D eigenvalue weighted by molar-refractivity contribution is 5.83. The molecule has 0 bridgehead atoms. The Bertz CT molecular complexity index is 913. The van der Waals surface area contributed by atoms with Crippen LogP contribution in [0.4, 0.5) is 24.8 Å². The van der Waals surface area contributed by atoms with Gasteiger partial charge in [-0.2, -0.15) is 13.2 Å². The summed E-state index contributed by atoms with van der Waals surface area (Å²) in [5.41, 5.74) is 0.0708. The van der Waals surface area contributed by atoms with Gasteiger partial charge in [0.15, 0.2) is 11.5 Å². The number of alkyl halides is 3. The van der Waals surface area contributed by atoms with Crippen LogP contribution in [-0.4, -0.2) is 24.2 Å². The average Bonchev–Trinajstić information content (AvgIpc) is 2.60. The molecule has 0 amide bonds. The molecule has 3 rings (SSSR count). The topological polar surface area (TPSA) is 56.3 Å². The number of methoxy groups -OCH3 is 2. The van der Waals surface area contributed by atoms with Gasteiger partial charge in [0.25, 0.3) is 0 Å². The Hall–Kier alpha value is -3.03. The van der Waals surface area contributed by atoms with Gasteiger partial charge >= 0.3 is 6.18 Å². The van der Waals surface area contributed by atoms with Gasteiger partial charge in [-0.05, 0) is 24.3 Å². The lowest BCUT2D eigenvalue weighted by molar-refractivity contribution is -0.137. The normalized spacial score (nSPS) is 11.4. The summed E-state index contributed by atoms with van der Waals surface area (Å²) < 4.78 is 48.8. The van der Waals surface area contributed by atoms with Crippen molar-refractivity contribution >= 4 is 22.5 Å². The van der Waals surface area contributed by atoms with Gasteiger partial charge in [-0.25, -0.2) is 9.97 Å². The second kappa shape index (κ2) is 6.46. The third kappa shape index (κ3) is 3.57. The molecule has 0 spiro atoms. The third-order valence-corrected chi connectivity index (χ3v) is 3.53. The standard InChI is InChI=1S/C17H14F3N3O2/c1-24-14-6-10-9-21-16(23-13(10)8-15(14)25-2)22-12-5-3-4-11(7-12)17(18,19)20/h3-9H,1-2H3,(H,21,22,23). The summed E-state index contributed by atoms with van der Waals surface area (Å²) in [5.74, 6) is 1.22. The zero-order valence-corrected chi connectivity index (χ0v) is 13.4. The summed E-state index contributed by atoms with van der Waals surface area (Å²) in [4.78, 5) is 8.43. The van der Waals surface area contributed by atoms with Gasteiger partial charge in [-0.1, -0.05) is 6.07 Å². The number of hydrogen-bond donors (Lipinski definition) is 1. The highest BCUT2D eigenvalue weighted by Gasteiger charge is 2.30. The first-order chi connectivity index (χ1) is 11.9. The van der Waals surface area contributed by atoms with Crippen molar-refractivity contribution in [1.82, 2.24) is 9.97 Å². The molecule has 0 saturated carbocycles. The van der Waals surface area contributed by atoms with Crippen molar-refractivity contribution in [3.05, 3.63) is 48.2 Å². The molecule has 2 aromatic carbocycles. The predicted octanol–water partition coefficient (Wildman–Crippen LogP) is 4.41. The fraction of sp³-hybridized carbons (Fsp3) is 0.176. The minimum atomic E-state index is -4.41. The van der Waals surface area contributed by atoms with Crippen LogP contribution < -0.4 is 14.8 Å². The van der Waals surface area contributed by atoms with Gasteiger partial charge in [-0.3, -0.25) is 0 Å². The largest absolute Gasteiger partial charge is 0.493 e. The molecule has 0 aliphatic carbocycles. The maximum absolute atomic E-state index is 12.8. The minimum Gasteiger partial charge on any atom is -0.493 e. The Morgan fingerprint density at radius 3 is 2.40 bits per heavy atom. The van der Waals surface area contributed by atoms with E-state index in [-0.39, 0.29) is 11.6 Å². The highest BCUT2D eigenvalue weighted by atomic mass is 19.4. The Morgan fingerprint density at radius 2 is 1.72 bits per heavy atom. The monoisotopic (exact) mass is 349 g/mol. The molecule has 8 heteroatoms. The smallest absolute Gasteiger partial charge is 0.416 e. The molecule has 25 heavy (non-hydrogen) atoms. The lowest BCUT2D eigenvalue weighted by Crippen LogP contribution is -2.05. The molecule has 130 valence electrons. The predicted molar refractivity (Wildman–Crippen MR) is 87.4 cm³/mol. The molecule has 1 N–H and O–H groups in total. The van der Waals surface area contributed by atoms with E-state index in [1.165, 1.54) is 26.4 Å². The van der Waals surface area contributed by atoms with Crippen molar-refractivity contribution in [2.24, 2.45) is 0 Å². The Balaban J connectivity index is 1.94. The molecular weight excluding hydrogens is 335 g/mol. The number of ether oxygens (including phenoxy) is 2. The van der Waals surface area contributed by atoms with Crippen LogP contribution in [0.1, 0.15) is 5.56 Å². The summed E-state index contributed by atoms with van der Waals surface area (Å²) in [5, 5.41) is 3.50. The minimum absolute atomic E-state index is 0.180. The van der Waals surface area contributed by atoms with E-state index in [4.69, 9.17) is 9.47 Å². The fourth-order valence-electron chi connectivity index (χ4n) is 2.32. The Labute approximate surface area is 141 Å². The number of rotatable bonds is 4. The van der Waals surface area contributed by atoms with Crippen LogP contribution in [0.15, 0.2) is 42.6 Å². The molecule has 0 aliphatic heterocycles. The molecule has 0 atom stereocenters. The fourth-order valence-corrected chi connectivity index (χ4v) is 2.32. The Morgan fingerprint density at radius 1 is 1.00 bits per heavy atom. The second-order valence-electron chi connectivity index (χ2n) is 5.16. The number of halogens is 3. The summed E-state index contributed by atoms with van der Waals surface area (Å²) in [7, 11) is 3.03. The zero-order valence-electron chi connectivity index (χ0n) is 13.4. The van der Waals surface area contributed by atoms with E-state index in [0.29, 0.717) is 22.4 Å². The first kappa shape index (κ1) is 16.8. The van der Waals surface area contributed by atoms with Gasteiger partial charge in [0, 0.05) is 23.3 Å². The summed E-state index contributed by atoms with van der Waals surface area (Å²) in [6.07, 6.45) is -2.86. The number of anilines is 2. The van der Waals surface area contributed by atoms with Crippen molar-refractivity contribution in [1.29, 1.82) is 0 Å². The van der Waals surface area contributed by atoms with Crippen LogP contribution in [0.2, 0.25) is 0 Å². The van der Waals surface area contributed by atoms with E-state index >= 15 is 0 Å². The van der Waals surface area contributed by atoms with Crippen molar-refractivity contribution in [3.63, 3.8) is 0 Å². The average molecular weight is 349 g/mol. The Kier molecular flexibility index (Phi) is 4.35. The molecular formula is C17H14F3N3O2. The van der Waals surface area contributed by atoms with Crippen LogP contribution in [0, 0.1) is 0 Å². The number of nitrogens with one attached hydrogen (secondary N) is 1. The van der Waals surface area contributed by atoms with Crippen molar-refractivity contribution < 1.29 is 22.6 Å². The number of hydrogen-bond acceptors (Lipinski definition) is 5. The van der Waals surface area contributed by atoms with Crippen LogP contribution in [-0.2, 0) is 6.18 Å². The van der Waals surface area contributed by atoms with Gasteiger partial charge < -0.3 is 14.8 Å². The molecule has 0 aliphatic rings. The van der Waals surface area contributed by atoms with Crippen molar-refractivity contribution in [2.75, 3.05) is 19.5 Å². The molecule has 5 nitrogen and oxygen atoms in total. The molecule has 3 aromatic rings. The summed E-state index contributed by atoms with van der Waals surface area (Å²) in [6, 6.07) is 8.23. The second-order valence-corrected chi connectivity index (χ2v) is 5.16. The van der Waals surface area contributed by atoms with Crippen LogP contribution in [0.3, 0.4) is 0 Å². The number of benzene rings is 2. The van der Waals surface area contributed by atoms with E-state index in [9.17, 15) is 13.2 Å². The zero-order chi connectivity index (χ0) is 18.0. The number of fused-ring (bicyclic) bond motifs is 1. The maximum atomic E-state index is 12.8. The summed E-state index contributed by atoms with van der Waals surface area (Å²) >= 11 is 0. The SMILES string of the molecule is COc1cc2cnc(Nc3cccc(C(F)(F)F)c3)nc2cc1OC. The van der Waals surface area contributed by atoms with E-state index in [2.05, 4.69) is 15.3 Å². The molecule has 1 aromatic heterocycles. The number of nitrogens with zero attached hydrogens (tertiary/aromatic N) is 2. The number of aromatic nitrogens is 2. The van der Waals surface area contributed by atoms with Gasteiger partial charge in [0.1, 0.15) is 0 Å². The molecule has 0 saturated heterocycles. The first-order valence-electron chi connectivity index (χ1n) is 7.24. The van der Waals surface area contributed by atoms with Crippen LogP contribution in [0.5, 0.6) is 11.5 Å². The molecule has 0 radical (unpaired) electrons. The molecule has 0 unspecified atom stereocenters. The van der Waals surface area contributed by atoms with E-state index in [0.717, 1.165) is 12.1 Å². The van der Waals surface area contributed by atoms with Crippen molar-refractivity contribution in [3.8, 4) is 11.5 Å². The van der Waals surface area contributed by atoms with Gasteiger partial charge in [-0.15, -0.1) is 0 Å². The van der Waals surface area contributed by atoms with E-state index < -0.39 is 11.7 Å². The van der Waals surface area contributed by atoms with E-state index in [1.54, 1.807) is 18.3 Å². The third-order valence-electron chi connectivity index (χ3n) is 3.53. The van der Waals surface area contributed by atoms with Gasteiger partial charge in [0.2, 0.25) is 5.95 Å². The lowest BCUT2D eigenvalue weighted by Gasteiger charge is -2.11. The summed E-state index contributed by atoms with van der Waals surface area (Å²) in [6.45, 7) is 0. The van der Waals surface area contributed by atoms with E-state index in [1.807, 2.05) is 0 Å². The van der Waals surface area contributed by atoms with Gasteiger partial charge in [0.05, 0.1) is 25.3 Å². The highest BCUT2D eigenvalue weighted by Crippen LogP contribution is 2.33. The molecule has 0 fully saturated rings. The molecule has 1 heterocycles. The van der Waals surface area contributed by atoms with Crippen molar-refractivity contribution in [2.45, 2.75) is 6.18 Å². The quantitative estimate of drug-likeness (QED) is 0.756. The maximum Gasteiger partial charge on any atom is 0.416 e. The first-order valence-corrected chi connectivity index (χ1v) is 7.24. The lowest BCUT2D eigenvalue weighted by atomic mass is 10.2. The van der Waals surface area contributed by atoms with Crippen LogP contribution in [0.25, 0.3) is 10.9 Å².